The number of hydrogen-bond acceptors (Lipinski definition) is 3. The Morgan fingerprint density at radius 2 is 1.70 bits per heavy atom. The first-order chi connectivity index (χ1) is 12.8. The standard InChI is InChI=1S/C19H14ClF4N3/c20-16-9-13(3-6-15(16)19(22,23)24)17-10-18(27-11-26-17)25-8-7-12-1-4-14(21)5-2-12/h1-6,9-11H,7-8H2,(H,25,26,27). The molecule has 0 amide bonds. The molecule has 0 saturated carbocycles. The van der Waals surface area contributed by atoms with Gasteiger partial charge in [0.05, 0.1) is 16.3 Å². The van der Waals surface area contributed by atoms with Crippen LogP contribution in [0.1, 0.15) is 11.1 Å². The summed E-state index contributed by atoms with van der Waals surface area (Å²) in [6, 6.07) is 11.3. The van der Waals surface area contributed by atoms with Crippen LogP contribution in [0.2, 0.25) is 5.02 Å². The molecule has 2 aromatic carbocycles. The molecule has 0 bridgehead atoms. The lowest BCUT2D eigenvalue weighted by atomic mass is 10.1. The first-order valence-electron chi connectivity index (χ1n) is 8.00. The third kappa shape index (κ3) is 4.95. The van der Waals surface area contributed by atoms with Crippen LogP contribution in [0.3, 0.4) is 0 Å². The van der Waals surface area contributed by atoms with Crippen LogP contribution >= 0.6 is 11.6 Å². The SMILES string of the molecule is Fc1ccc(CCNc2cc(-c3ccc(C(F)(F)F)c(Cl)c3)ncn2)cc1. The molecular formula is C19H14ClF4N3. The fourth-order valence-electron chi connectivity index (χ4n) is 2.50. The average Bonchev–Trinajstić information content (AvgIpc) is 2.62. The normalized spacial score (nSPS) is 11.4. The smallest absolute Gasteiger partial charge is 0.370 e. The Morgan fingerprint density at radius 3 is 2.37 bits per heavy atom. The maximum absolute atomic E-state index is 12.9. The lowest BCUT2D eigenvalue weighted by Crippen LogP contribution is -2.07. The van der Waals surface area contributed by atoms with Crippen molar-refractivity contribution in [1.82, 2.24) is 9.97 Å². The highest BCUT2D eigenvalue weighted by atomic mass is 35.5. The third-order valence-electron chi connectivity index (χ3n) is 3.87. The lowest BCUT2D eigenvalue weighted by molar-refractivity contribution is -0.137. The zero-order chi connectivity index (χ0) is 19.4. The number of nitrogens with one attached hydrogen (secondary N) is 1. The van der Waals surface area contributed by atoms with E-state index >= 15 is 0 Å². The Kier molecular flexibility index (Phi) is 5.60. The minimum atomic E-state index is -4.51. The molecule has 27 heavy (non-hydrogen) atoms. The zero-order valence-electron chi connectivity index (χ0n) is 13.9. The maximum atomic E-state index is 12.9. The molecule has 0 aliphatic rings. The van der Waals surface area contributed by atoms with Gasteiger partial charge in [-0.1, -0.05) is 29.8 Å². The summed E-state index contributed by atoms with van der Waals surface area (Å²) in [6.45, 7) is 0.551. The minimum Gasteiger partial charge on any atom is -0.370 e. The van der Waals surface area contributed by atoms with Crippen molar-refractivity contribution in [2.45, 2.75) is 12.6 Å². The Bertz CT molecular complexity index is 927. The Balaban J connectivity index is 1.70. The number of benzene rings is 2. The maximum Gasteiger partial charge on any atom is 0.417 e. The fraction of sp³-hybridized carbons (Fsp3) is 0.158. The van der Waals surface area contributed by atoms with Crippen molar-refractivity contribution in [3.8, 4) is 11.3 Å². The number of alkyl halides is 3. The van der Waals surface area contributed by atoms with Crippen molar-refractivity contribution in [3.05, 3.63) is 76.8 Å². The molecule has 0 spiro atoms. The highest BCUT2D eigenvalue weighted by Gasteiger charge is 2.33. The van der Waals surface area contributed by atoms with Crippen LogP contribution in [-0.4, -0.2) is 16.5 Å². The van der Waals surface area contributed by atoms with Crippen molar-refractivity contribution in [2.24, 2.45) is 0 Å². The van der Waals surface area contributed by atoms with Crippen molar-refractivity contribution in [2.75, 3.05) is 11.9 Å². The van der Waals surface area contributed by atoms with Gasteiger partial charge in [0.2, 0.25) is 0 Å². The minimum absolute atomic E-state index is 0.289. The van der Waals surface area contributed by atoms with Crippen LogP contribution < -0.4 is 5.32 Å². The molecule has 1 heterocycles. The molecule has 0 saturated heterocycles. The van der Waals surface area contributed by atoms with Crippen molar-refractivity contribution >= 4 is 17.4 Å². The Morgan fingerprint density at radius 1 is 0.963 bits per heavy atom. The second kappa shape index (κ2) is 7.92. The number of anilines is 1. The van der Waals surface area contributed by atoms with Crippen LogP contribution in [0.5, 0.6) is 0 Å². The van der Waals surface area contributed by atoms with E-state index in [1.54, 1.807) is 18.2 Å². The fourth-order valence-corrected chi connectivity index (χ4v) is 2.79. The third-order valence-corrected chi connectivity index (χ3v) is 4.18. The van der Waals surface area contributed by atoms with E-state index in [2.05, 4.69) is 15.3 Å². The van der Waals surface area contributed by atoms with Crippen LogP contribution in [0.25, 0.3) is 11.3 Å². The molecule has 1 aromatic heterocycles. The molecule has 1 N–H and O–H groups in total. The van der Waals surface area contributed by atoms with Gasteiger partial charge >= 0.3 is 6.18 Å². The summed E-state index contributed by atoms with van der Waals surface area (Å²) in [5.41, 5.74) is 0.981. The van der Waals surface area contributed by atoms with Gasteiger partial charge in [0.1, 0.15) is 18.0 Å². The highest BCUT2D eigenvalue weighted by Crippen LogP contribution is 2.36. The van der Waals surface area contributed by atoms with Gasteiger partial charge in [-0.15, -0.1) is 0 Å². The molecule has 0 atom stereocenters. The van der Waals surface area contributed by atoms with Crippen molar-refractivity contribution in [1.29, 1.82) is 0 Å². The van der Waals surface area contributed by atoms with Crippen LogP contribution in [-0.2, 0) is 12.6 Å². The second-order valence-electron chi connectivity index (χ2n) is 5.78. The monoisotopic (exact) mass is 395 g/mol. The summed E-state index contributed by atoms with van der Waals surface area (Å²) < 4.78 is 51.3. The average molecular weight is 396 g/mol. The number of halogens is 5. The van der Waals surface area contributed by atoms with E-state index in [4.69, 9.17) is 11.6 Å². The summed E-state index contributed by atoms with van der Waals surface area (Å²) in [5, 5.41) is 2.73. The second-order valence-corrected chi connectivity index (χ2v) is 6.19. The molecule has 3 rings (SSSR count). The molecule has 0 aliphatic heterocycles. The van der Waals surface area contributed by atoms with Gasteiger partial charge in [-0.25, -0.2) is 14.4 Å². The van der Waals surface area contributed by atoms with Crippen LogP contribution in [0.15, 0.2) is 54.9 Å². The summed E-state index contributed by atoms with van der Waals surface area (Å²) in [4.78, 5) is 8.18. The van der Waals surface area contributed by atoms with E-state index in [9.17, 15) is 17.6 Å². The molecule has 0 aliphatic carbocycles. The van der Waals surface area contributed by atoms with Gasteiger partial charge in [-0.3, -0.25) is 0 Å². The largest absolute Gasteiger partial charge is 0.417 e. The predicted octanol–water partition coefficient (Wildman–Crippen LogP) is 5.61. The molecule has 8 heteroatoms. The first-order valence-corrected chi connectivity index (χ1v) is 8.38. The molecular weight excluding hydrogens is 382 g/mol. The van der Waals surface area contributed by atoms with Crippen molar-refractivity contribution < 1.29 is 17.6 Å². The van der Waals surface area contributed by atoms with Gasteiger partial charge in [0.25, 0.3) is 0 Å². The Labute approximate surface area is 158 Å². The van der Waals surface area contributed by atoms with Gasteiger partial charge in [-0.05, 0) is 36.2 Å². The van der Waals surface area contributed by atoms with Gasteiger partial charge < -0.3 is 5.32 Å². The number of rotatable bonds is 5. The molecule has 0 unspecified atom stereocenters. The number of hydrogen-bond donors (Lipinski definition) is 1. The van der Waals surface area contributed by atoms with E-state index in [-0.39, 0.29) is 10.8 Å². The summed E-state index contributed by atoms with van der Waals surface area (Å²) >= 11 is 5.76. The molecule has 3 aromatic rings. The molecule has 0 radical (unpaired) electrons. The van der Waals surface area contributed by atoms with Crippen molar-refractivity contribution in [3.63, 3.8) is 0 Å². The summed E-state index contributed by atoms with van der Waals surface area (Å²) in [6.07, 6.45) is -2.53. The van der Waals surface area contributed by atoms with Gasteiger partial charge in [0.15, 0.2) is 0 Å². The quantitative estimate of drug-likeness (QED) is 0.571. The van der Waals surface area contributed by atoms with E-state index < -0.39 is 11.7 Å². The van der Waals surface area contributed by atoms with Gasteiger partial charge in [0, 0.05) is 18.2 Å². The van der Waals surface area contributed by atoms with Crippen LogP contribution in [0.4, 0.5) is 23.4 Å². The first kappa shape index (κ1) is 19.1. The topological polar surface area (TPSA) is 37.8 Å². The van der Waals surface area contributed by atoms with E-state index in [1.165, 1.54) is 30.6 Å². The van der Waals surface area contributed by atoms with E-state index in [0.717, 1.165) is 11.6 Å². The van der Waals surface area contributed by atoms with E-state index in [0.29, 0.717) is 30.0 Å². The summed E-state index contributed by atoms with van der Waals surface area (Å²) in [7, 11) is 0. The number of nitrogens with zero attached hydrogens (tertiary/aromatic N) is 2. The molecule has 140 valence electrons. The Hall–Kier alpha value is -2.67. The number of aromatic nitrogens is 2. The highest BCUT2D eigenvalue weighted by molar-refractivity contribution is 6.31. The molecule has 0 fully saturated rings. The zero-order valence-corrected chi connectivity index (χ0v) is 14.7. The van der Waals surface area contributed by atoms with E-state index in [1.807, 2.05) is 0 Å². The van der Waals surface area contributed by atoms with Gasteiger partial charge in [-0.2, -0.15) is 13.2 Å². The summed E-state index contributed by atoms with van der Waals surface area (Å²) in [5.74, 6) is 0.237. The molecule has 3 nitrogen and oxygen atoms in total. The predicted molar refractivity (Wildman–Crippen MR) is 96.1 cm³/mol. The lowest BCUT2D eigenvalue weighted by Gasteiger charge is -2.11. The van der Waals surface area contributed by atoms with Crippen LogP contribution in [0, 0.1) is 5.82 Å².